The second kappa shape index (κ2) is 4.47. The van der Waals surface area contributed by atoms with Crippen molar-refractivity contribution >= 4 is 11.9 Å². The monoisotopic (exact) mass is 235 g/mol. The molecule has 17 heavy (non-hydrogen) atoms. The van der Waals surface area contributed by atoms with E-state index in [0.717, 1.165) is 0 Å². The average Bonchev–Trinajstić information content (AvgIpc) is 2.77. The Hall–Kier alpha value is -2.64. The van der Waals surface area contributed by atoms with E-state index in [1.807, 2.05) is 0 Å². The van der Waals surface area contributed by atoms with Gasteiger partial charge in [-0.3, -0.25) is 14.9 Å². The molecule has 2 heterocycles. The number of nitrogens with one attached hydrogen (secondary N) is 3. The molecule has 0 unspecified atom stereocenters. The van der Waals surface area contributed by atoms with Crippen molar-refractivity contribution in [3.05, 3.63) is 34.2 Å². The van der Waals surface area contributed by atoms with Gasteiger partial charge in [-0.05, 0) is 0 Å². The third kappa shape index (κ3) is 2.30. The molecule has 0 bridgehead atoms. The zero-order chi connectivity index (χ0) is 12.3. The van der Waals surface area contributed by atoms with Crippen molar-refractivity contribution in [1.82, 2.24) is 20.2 Å². The number of hydrogen-bond donors (Lipinski definition) is 3. The molecule has 0 atom stereocenters. The van der Waals surface area contributed by atoms with Gasteiger partial charge in [0.1, 0.15) is 5.56 Å². The summed E-state index contributed by atoms with van der Waals surface area (Å²) < 4.78 is 4.73. The first-order chi connectivity index (χ1) is 8.20. The molecule has 88 valence electrons. The molecular weight excluding hydrogens is 226 g/mol. The summed E-state index contributed by atoms with van der Waals surface area (Å²) in [4.78, 5) is 29.5. The van der Waals surface area contributed by atoms with E-state index in [0.29, 0.717) is 0 Å². The quantitative estimate of drug-likeness (QED) is 0.679. The Morgan fingerprint density at radius 1 is 1.53 bits per heavy atom. The molecule has 2 rings (SSSR count). The molecule has 0 saturated heterocycles. The van der Waals surface area contributed by atoms with Gasteiger partial charge in [-0.15, -0.1) is 5.10 Å². The number of aromatic nitrogens is 4. The van der Waals surface area contributed by atoms with E-state index in [1.165, 1.54) is 25.6 Å². The van der Waals surface area contributed by atoms with Crippen molar-refractivity contribution in [3.63, 3.8) is 0 Å². The van der Waals surface area contributed by atoms with Crippen molar-refractivity contribution in [1.29, 1.82) is 0 Å². The summed E-state index contributed by atoms with van der Waals surface area (Å²) >= 11 is 0. The lowest BCUT2D eigenvalue weighted by molar-refractivity contribution is 0.102. The largest absolute Gasteiger partial charge is 0.466 e. The lowest BCUT2D eigenvalue weighted by Crippen LogP contribution is -2.21. The van der Waals surface area contributed by atoms with E-state index >= 15 is 0 Å². The van der Waals surface area contributed by atoms with Crippen LogP contribution in [0.1, 0.15) is 10.4 Å². The summed E-state index contributed by atoms with van der Waals surface area (Å²) in [5, 5.41) is 8.48. The molecule has 0 aliphatic heterocycles. The van der Waals surface area contributed by atoms with Crippen molar-refractivity contribution in [2.45, 2.75) is 0 Å². The number of amides is 1. The molecule has 2 aromatic heterocycles. The second-order valence-corrected chi connectivity index (χ2v) is 3.05. The maximum Gasteiger partial charge on any atom is 0.336 e. The Bertz CT molecular complexity index is 588. The van der Waals surface area contributed by atoms with E-state index in [9.17, 15) is 9.59 Å². The van der Waals surface area contributed by atoms with Gasteiger partial charge in [0.25, 0.3) is 5.91 Å². The van der Waals surface area contributed by atoms with Crippen LogP contribution < -0.4 is 15.5 Å². The van der Waals surface area contributed by atoms with Gasteiger partial charge in [0.15, 0.2) is 5.43 Å². The minimum absolute atomic E-state index is 0.0112. The van der Waals surface area contributed by atoms with Crippen LogP contribution in [0.15, 0.2) is 23.3 Å². The minimum atomic E-state index is -0.578. The zero-order valence-electron chi connectivity index (χ0n) is 8.85. The lowest BCUT2D eigenvalue weighted by atomic mass is 10.2. The van der Waals surface area contributed by atoms with Gasteiger partial charge in [-0.2, -0.15) is 4.98 Å². The van der Waals surface area contributed by atoms with Crippen LogP contribution in [0.2, 0.25) is 0 Å². The number of carbonyl (C=O) groups excluding carboxylic acids is 1. The molecule has 0 radical (unpaired) electrons. The number of pyridine rings is 1. The number of ether oxygens (including phenoxy) is 1. The van der Waals surface area contributed by atoms with Crippen molar-refractivity contribution in [2.75, 3.05) is 12.4 Å². The molecule has 0 fully saturated rings. The Morgan fingerprint density at radius 2 is 2.35 bits per heavy atom. The molecule has 0 spiro atoms. The van der Waals surface area contributed by atoms with Crippen LogP contribution in [-0.2, 0) is 0 Å². The number of aromatic amines is 2. The predicted octanol–water partition coefficient (Wildman–Crippen LogP) is -0.246. The number of methoxy groups -OCH3 is 1. The number of nitrogens with zero attached hydrogens (tertiary/aromatic N) is 2. The first-order valence-corrected chi connectivity index (χ1v) is 4.65. The SMILES string of the molecule is COc1n[nH]c(NC(=O)c2c[nH]ccc2=O)n1. The Balaban J connectivity index is 2.17. The predicted molar refractivity (Wildman–Crippen MR) is 58.0 cm³/mol. The number of H-pyrrole nitrogens is 2. The average molecular weight is 235 g/mol. The lowest BCUT2D eigenvalue weighted by Gasteiger charge is -1.99. The Labute approximate surface area is 95.0 Å². The van der Waals surface area contributed by atoms with E-state index in [1.54, 1.807) is 0 Å². The maximum absolute atomic E-state index is 11.7. The van der Waals surface area contributed by atoms with Crippen LogP contribution in [0.25, 0.3) is 0 Å². The van der Waals surface area contributed by atoms with Gasteiger partial charge in [0, 0.05) is 18.5 Å². The normalized spacial score (nSPS) is 9.94. The third-order valence-corrected chi connectivity index (χ3v) is 1.95. The molecule has 0 saturated carbocycles. The van der Waals surface area contributed by atoms with Gasteiger partial charge in [0.2, 0.25) is 5.95 Å². The van der Waals surface area contributed by atoms with Crippen molar-refractivity contribution < 1.29 is 9.53 Å². The first kappa shape index (κ1) is 10.9. The molecule has 3 N–H and O–H groups in total. The Kier molecular flexibility index (Phi) is 2.86. The Morgan fingerprint density at radius 3 is 3.00 bits per heavy atom. The number of carbonyl (C=O) groups is 1. The number of hydrogen-bond acceptors (Lipinski definition) is 5. The highest BCUT2D eigenvalue weighted by atomic mass is 16.5. The van der Waals surface area contributed by atoms with Crippen LogP contribution in [0.4, 0.5) is 5.95 Å². The zero-order valence-corrected chi connectivity index (χ0v) is 8.85. The van der Waals surface area contributed by atoms with Gasteiger partial charge >= 0.3 is 6.01 Å². The highest BCUT2D eigenvalue weighted by molar-refractivity contribution is 6.02. The molecule has 8 heteroatoms. The van der Waals surface area contributed by atoms with E-state index in [-0.39, 0.29) is 23.0 Å². The first-order valence-electron chi connectivity index (χ1n) is 4.65. The summed E-state index contributed by atoms with van der Waals surface area (Å²) in [5.41, 5.74) is -0.393. The highest BCUT2D eigenvalue weighted by Gasteiger charge is 2.12. The van der Waals surface area contributed by atoms with Crippen molar-refractivity contribution in [3.8, 4) is 6.01 Å². The molecule has 0 aliphatic carbocycles. The molecule has 2 aromatic rings. The van der Waals surface area contributed by atoms with E-state index in [4.69, 9.17) is 4.74 Å². The molecule has 0 aliphatic rings. The van der Waals surface area contributed by atoms with Gasteiger partial charge in [0.05, 0.1) is 7.11 Å². The molecular formula is C9H9N5O3. The van der Waals surface area contributed by atoms with Gasteiger partial charge in [-0.1, -0.05) is 0 Å². The number of rotatable bonds is 3. The van der Waals surface area contributed by atoms with Crippen LogP contribution in [0.3, 0.4) is 0 Å². The van der Waals surface area contributed by atoms with Gasteiger partial charge < -0.3 is 9.72 Å². The third-order valence-electron chi connectivity index (χ3n) is 1.95. The summed E-state index contributed by atoms with van der Waals surface area (Å²) in [6.45, 7) is 0. The van der Waals surface area contributed by atoms with E-state index < -0.39 is 5.91 Å². The standard InChI is InChI=1S/C9H9N5O3/c1-17-9-12-8(13-14-9)11-7(16)5-4-10-3-2-6(5)15/h2-4H,1H3,(H,10,15)(H2,11,12,13,14,16). The van der Waals surface area contributed by atoms with E-state index in [2.05, 4.69) is 25.5 Å². The van der Waals surface area contributed by atoms with Crippen LogP contribution in [0, 0.1) is 0 Å². The topological polar surface area (TPSA) is 113 Å². The number of anilines is 1. The summed E-state index contributed by atoms with van der Waals surface area (Å²) in [6, 6.07) is 1.36. The fourth-order valence-corrected chi connectivity index (χ4v) is 1.16. The smallest absolute Gasteiger partial charge is 0.336 e. The molecule has 0 aromatic carbocycles. The highest BCUT2D eigenvalue weighted by Crippen LogP contribution is 2.05. The molecule has 1 amide bonds. The fourth-order valence-electron chi connectivity index (χ4n) is 1.16. The summed E-state index contributed by atoms with van der Waals surface area (Å²) in [6.07, 6.45) is 2.75. The van der Waals surface area contributed by atoms with Gasteiger partial charge in [-0.25, -0.2) is 5.10 Å². The van der Waals surface area contributed by atoms with Crippen LogP contribution in [-0.4, -0.2) is 33.2 Å². The van der Waals surface area contributed by atoms with Crippen LogP contribution >= 0.6 is 0 Å². The van der Waals surface area contributed by atoms with Crippen LogP contribution in [0.5, 0.6) is 6.01 Å². The van der Waals surface area contributed by atoms with Crippen molar-refractivity contribution in [2.24, 2.45) is 0 Å². The minimum Gasteiger partial charge on any atom is -0.466 e. The maximum atomic E-state index is 11.7. The summed E-state index contributed by atoms with van der Waals surface area (Å²) in [5.74, 6) is -0.472. The summed E-state index contributed by atoms with van der Waals surface area (Å²) in [7, 11) is 1.40. The molecule has 8 nitrogen and oxygen atoms in total. The fraction of sp³-hybridized carbons (Fsp3) is 0.111. The second-order valence-electron chi connectivity index (χ2n) is 3.05.